The van der Waals surface area contributed by atoms with Gasteiger partial charge >= 0.3 is 0 Å². The molecule has 0 radical (unpaired) electrons. The lowest BCUT2D eigenvalue weighted by Gasteiger charge is -2.24. The molecule has 3 aromatic heterocycles. The van der Waals surface area contributed by atoms with Crippen molar-refractivity contribution in [3.63, 3.8) is 0 Å². The molecule has 3 N–H and O–H groups in total. The molecule has 4 aromatic rings. The molecule has 0 unspecified atom stereocenters. The summed E-state index contributed by atoms with van der Waals surface area (Å²) in [5, 5.41) is 9.17. The van der Waals surface area contributed by atoms with Gasteiger partial charge in [0.15, 0.2) is 0 Å². The molecule has 0 saturated heterocycles. The maximum atomic E-state index is 14.8. The molecule has 11 nitrogen and oxygen atoms in total. The molecule has 1 amide bonds. The zero-order chi connectivity index (χ0) is 27.9. The summed E-state index contributed by atoms with van der Waals surface area (Å²) in [4.78, 5) is 31.5. The molecule has 204 valence electrons. The number of benzene rings is 1. The van der Waals surface area contributed by atoms with Gasteiger partial charge in [-0.25, -0.2) is 13.9 Å². The number of nitrogens with one attached hydrogen (secondary N) is 3. The number of pyridine rings is 1. The number of fused-ring (bicyclic) bond motifs is 1. The highest BCUT2D eigenvalue weighted by Crippen LogP contribution is 2.29. The smallest absolute Gasteiger partial charge is 0.297 e. The van der Waals surface area contributed by atoms with Gasteiger partial charge in [-0.1, -0.05) is 6.07 Å². The van der Waals surface area contributed by atoms with Crippen molar-refractivity contribution in [3.05, 3.63) is 81.7 Å². The lowest BCUT2D eigenvalue weighted by atomic mass is 9.97. The van der Waals surface area contributed by atoms with Gasteiger partial charge in [0.1, 0.15) is 23.5 Å². The highest BCUT2D eigenvalue weighted by Gasteiger charge is 2.28. The van der Waals surface area contributed by atoms with Gasteiger partial charge in [-0.2, -0.15) is 12.8 Å². The minimum Gasteiger partial charge on any atom is -0.363 e. The molecule has 0 bridgehead atoms. The Morgan fingerprint density at radius 3 is 2.72 bits per heavy atom. The SMILES string of the molecule is Cc1ccc(S(=O)(=O)OC2CCC2)cc1NC(=O)c1c(F)nn2cnc(N[C@H](C)c3cc(F)c[nH]c3=O)cc12. The Bertz CT molecular complexity index is 1750. The number of hydrogen-bond donors (Lipinski definition) is 3. The third-order valence-corrected chi connectivity index (χ3v) is 7.86. The Balaban J connectivity index is 1.42. The summed E-state index contributed by atoms with van der Waals surface area (Å²) in [6.07, 6.45) is 3.97. The minimum atomic E-state index is -4.04. The van der Waals surface area contributed by atoms with Crippen LogP contribution in [0.2, 0.25) is 0 Å². The van der Waals surface area contributed by atoms with Crippen molar-refractivity contribution in [2.45, 2.75) is 50.2 Å². The minimum absolute atomic E-state index is 0.0533. The van der Waals surface area contributed by atoms with Gasteiger partial charge in [-0.3, -0.25) is 13.8 Å². The molecular formula is C25H24F2N6O5S. The average molecular weight is 559 g/mol. The fourth-order valence-electron chi connectivity index (χ4n) is 4.09. The molecule has 1 atom stereocenters. The second kappa shape index (κ2) is 10.2. The van der Waals surface area contributed by atoms with Crippen LogP contribution in [0.15, 0.2) is 52.5 Å². The first kappa shape index (κ1) is 26.4. The van der Waals surface area contributed by atoms with E-state index in [0.717, 1.165) is 23.2 Å². The highest BCUT2D eigenvalue weighted by molar-refractivity contribution is 7.86. The number of carbonyl (C=O) groups excluding carboxylic acids is 1. The quantitative estimate of drug-likeness (QED) is 0.278. The number of halogens is 2. The van der Waals surface area contributed by atoms with Crippen LogP contribution in [0, 0.1) is 18.7 Å². The molecule has 1 fully saturated rings. The molecule has 0 spiro atoms. The van der Waals surface area contributed by atoms with Gasteiger partial charge in [0.25, 0.3) is 21.6 Å². The first-order chi connectivity index (χ1) is 18.5. The van der Waals surface area contributed by atoms with E-state index in [1.165, 1.54) is 30.6 Å². The van der Waals surface area contributed by atoms with Crippen LogP contribution in [-0.4, -0.2) is 40.0 Å². The van der Waals surface area contributed by atoms with Crippen LogP contribution in [-0.2, 0) is 14.3 Å². The van der Waals surface area contributed by atoms with Crippen LogP contribution in [0.4, 0.5) is 20.3 Å². The van der Waals surface area contributed by atoms with Crippen molar-refractivity contribution in [2.75, 3.05) is 10.6 Å². The normalized spacial score (nSPS) is 14.7. The van der Waals surface area contributed by atoms with E-state index in [2.05, 4.69) is 25.7 Å². The standard InChI is InChI=1S/C25H24F2N6O5S/c1-13-6-7-17(39(36,37)38-16-4-3-5-16)9-19(13)31-25(35)22-20-10-21(29-12-33(20)32-23(22)27)30-14(2)18-8-15(26)11-28-24(18)34/h6-12,14,16,30H,3-5H2,1-2H3,(H,28,34)(H,31,35)/t14-/m1/s1. The zero-order valence-corrected chi connectivity index (χ0v) is 21.7. The number of aromatic amines is 1. The second-order valence-electron chi connectivity index (χ2n) is 9.27. The molecule has 1 aliphatic carbocycles. The van der Waals surface area contributed by atoms with Crippen LogP contribution < -0.4 is 16.2 Å². The van der Waals surface area contributed by atoms with Gasteiger partial charge in [-0.15, -0.1) is 5.10 Å². The van der Waals surface area contributed by atoms with Crippen molar-refractivity contribution in [2.24, 2.45) is 0 Å². The second-order valence-corrected chi connectivity index (χ2v) is 10.8. The molecule has 14 heteroatoms. The summed E-state index contributed by atoms with van der Waals surface area (Å²) in [7, 11) is -4.04. The molecule has 1 saturated carbocycles. The van der Waals surface area contributed by atoms with Crippen molar-refractivity contribution < 1.29 is 26.2 Å². The number of nitrogens with zero attached hydrogens (tertiary/aromatic N) is 3. The summed E-state index contributed by atoms with van der Waals surface area (Å²) in [5.41, 5.74) is -0.0383. The van der Waals surface area contributed by atoms with Crippen molar-refractivity contribution in [3.8, 4) is 0 Å². The van der Waals surface area contributed by atoms with E-state index in [-0.39, 0.29) is 33.6 Å². The van der Waals surface area contributed by atoms with Gasteiger partial charge in [-0.05, 0) is 56.9 Å². The maximum absolute atomic E-state index is 14.8. The van der Waals surface area contributed by atoms with E-state index in [0.29, 0.717) is 18.4 Å². The summed E-state index contributed by atoms with van der Waals surface area (Å²) in [6.45, 7) is 3.27. The summed E-state index contributed by atoms with van der Waals surface area (Å²) in [5.74, 6) is -2.40. The Morgan fingerprint density at radius 2 is 2.00 bits per heavy atom. The number of carbonyl (C=O) groups is 1. The summed E-state index contributed by atoms with van der Waals surface area (Å²) in [6, 6.07) is 5.91. The third-order valence-electron chi connectivity index (χ3n) is 6.50. The number of H-pyrrole nitrogens is 1. The Kier molecular flexibility index (Phi) is 6.91. The lowest BCUT2D eigenvalue weighted by Crippen LogP contribution is -2.25. The van der Waals surface area contributed by atoms with Crippen LogP contribution in [0.5, 0.6) is 0 Å². The highest BCUT2D eigenvalue weighted by atomic mass is 32.2. The number of aryl methyl sites for hydroxylation is 1. The van der Waals surface area contributed by atoms with E-state index >= 15 is 0 Å². The molecule has 1 aliphatic rings. The van der Waals surface area contributed by atoms with Gasteiger partial charge in [0, 0.05) is 23.5 Å². The number of aromatic nitrogens is 4. The third kappa shape index (κ3) is 5.38. The van der Waals surface area contributed by atoms with Crippen molar-refractivity contribution >= 4 is 33.0 Å². The monoisotopic (exact) mass is 558 g/mol. The number of hydrogen-bond acceptors (Lipinski definition) is 8. The largest absolute Gasteiger partial charge is 0.363 e. The summed E-state index contributed by atoms with van der Waals surface area (Å²) >= 11 is 0. The average Bonchev–Trinajstić information content (AvgIpc) is 3.19. The molecule has 5 rings (SSSR count). The first-order valence-electron chi connectivity index (χ1n) is 12.1. The molecule has 1 aromatic carbocycles. The molecule has 0 aliphatic heterocycles. The molecule has 3 heterocycles. The lowest BCUT2D eigenvalue weighted by molar-refractivity contribution is 0.102. The van der Waals surface area contributed by atoms with Crippen LogP contribution in [0.3, 0.4) is 0 Å². The molecule has 39 heavy (non-hydrogen) atoms. The summed E-state index contributed by atoms with van der Waals surface area (Å²) < 4.78 is 60.0. The van der Waals surface area contributed by atoms with Crippen molar-refractivity contribution in [1.82, 2.24) is 19.6 Å². The molecular weight excluding hydrogens is 534 g/mol. The Morgan fingerprint density at radius 1 is 1.23 bits per heavy atom. The number of amides is 1. The zero-order valence-electron chi connectivity index (χ0n) is 20.9. The predicted molar refractivity (Wildman–Crippen MR) is 137 cm³/mol. The number of rotatable bonds is 8. The Hall–Kier alpha value is -4.17. The van der Waals surface area contributed by atoms with Gasteiger partial charge in [0.05, 0.1) is 22.6 Å². The van der Waals surface area contributed by atoms with E-state index in [4.69, 9.17) is 4.18 Å². The van der Waals surface area contributed by atoms with E-state index < -0.39 is 45.0 Å². The topological polar surface area (TPSA) is 148 Å². The van der Waals surface area contributed by atoms with E-state index in [1.807, 2.05) is 0 Å². The van der Waals surface area contributed by atoms with Crippen LogP contribution in [0.1, 0.15) is 53.7 Å². The number of anilines is 2. The van der Waals surface area contributed by atoms with E-state index in [9.17, 15) is 26.8 Å². The Labute approximate surface area is 221 Å². The first-order valence-corrected chi connectivity index (χ1v) is 13.5. The van der Waals surface area contributed by atoms with Gasteiger partial charge in [0.2, 0.25) is 5.95 Å². The fourth-order valence-corrected chi connectivity index (χ4v) is 5.25. The van der Waals surface area contributed by atoms with Crippen molar-refractivity contribution in [1.29, 1.82) is 0 Å². The van der Waals surface area contributed by atoms with Gasteiger partial charge < -0.3 is 15.6 Å². The van der Waals surface area contributed by atoms with Crippen LogP contribution >= 0.6 is 0 Å². The fraction of sp³-hybridized carbons (Fsp3) is 0.280. The maximum Gasteiger partial charge on any atom is 0.297 e. The van der Waals surface area contributed by atoms with Crippen LogP contribution in [0.25, 0.3) is 5.52 Å². The van der Waals surface area contributed by atoms with E-state index in [1.54, 1.807) is 13.8 Å². The predicted octanol–water partition coefficient (Wildman–Crippen LogP) is 3.69.